The minimum absolute atomic E-state index is 0.363. The van der Waals surface area contributed by atoms with E-state index in [4.69, 9.17) is 0 Å². The van der Waals surface area contributed by atoms with E-state index in [1.807, 2.05) is 0 Å². The molecule has 0 amide bonds. The molecule has 7 nitrogen and oxygen atoms in total. The summed E-state index contributed by atoms with van der Waals surface area (Å²) in [6.07, 6.45) is 7.29. The highest BCUT2D eigenvalue weighted by Gasteiger charge is 2.29. The molecule has 2 N–H and O–H groups in total. The van der Waals surface area contributed by atoms with Crippen LogP contribution in [0, 0.1) is 0 Å². The van der Waals surface area contributed by atoms with Gasteiger partial charge in [0, 0.05) is 12.5 Å². The summed E-state index contributed by atoms with van der Waals surface area (Å²) in [6.45, 7) is 1.66. The predicted octanol–water partition coefficient (Wildman–Crippen LogP) is 2.81. The molecular weight excluding hydrogens is 326 g/mol. The van der Waals surface area contributed by atoms with Crippen LogP contribution in [-0.4, -0.2) is 36.7 Å². The minimum Gasteiger partial charge on any atom is -0.349 e. The molecule has 7 heteroatoms. The summed E-state index contributed by atoms with van der Waals surface area (Å²) in [4.78, 5) is 19.0. The number of rotatable bonds is 4. The van der Waals surface area contributed by atoms with Crippen molar-refractivity contribution in [3.05, 3.63) is 66.1 Å². The van der Waals surface area contributed by atoms with Crippen LogP contribution in [0.15, 0.2) is 49.2 Å². The Labute approximate surface area is 150 Å². The molecule has 26 heavy (non-hydrogen) atoms. The van der Waals surface area contributed by atoms with E-state index < -0.39 is 0 Å². The largest absolute Gasteiger partial charge is 0.349 e. The van der Waals surface area contributed by atoms with Crippen molar-refractivity contribution >= 4 is 16.9 Å². The van der Waals surface area contributed by atoms with Crippen molar-refractivity contribution < 1.29 is 0 Å². The molecule has 1 aliphatic rings. The Hall–Kier alpha value is -3.22. The molecule has 0 saturated heterocycles. The Morgan fingerprint density at radius 2 is 2.04 bits per heavy atom. The topological polar surface area (TPSA) is 86.4 Å². The Kier molecular flexibility index (Phi) is 3.62. The summed E-state index contributed by atoms with van der Waals surface area (Å²) in [5.41, 5.74) is 4.49. The first-order valence-corrected chi connectivity index (χ1v) is 8.83. The predicted molar refractivity (Wildman–Crippen MR) is 98.8 cm³/mol. The Morgan fingerprint density at radius 3 is 2.96 bits per heavy atom. The number of hydrogen-bond donors (Lipinski definition) is 2. The molecule has 0 saturated carbocycles. The fourth-order valence-corrected chi connectivity index (χ4v) is 3.80. The summed E-state index contributed by atoms with van der Waals surface area (Å²) < 4.78 is 0. The van der Waals surface area contributed by atoms with E-state index in [0.717, 1.165) is 42.8 Å². The highest BCUT2D eigenvalue weighted by atomic mass is 15.2. The van der Waals surface area contributed by atoms with E-state index in [2.05, 4.69) is 65.4 Å². The maximum atomic E-state index is 4.60. The third-order valence-electron chi connectivity index (χ3n) is 5.08. The van der Waals surface area contributed by atoms with Gasteiger partial charge in [-0.1, -0.05) is 30.3 Å². The molecule has 0 spiro atoms. The van der Waals surface area contributed by atoms with E-state index in [-0.39, 0.29) is 0 Å². The molecular formula is C19H19N7. The minimum atomic E-state index is 0.363. The number of benzene rings is 1. The number of nitrogens with one attached hydrogen (secondary N) is 2. The second-order valence-corrected chi connectivity index (χ2v) is 6.70. The summed E-state index contributed by atoms with van der Waals surface area (Å²) >= 11 is 0. The van der Waals surface area contributed by atoms with Crippen LogP contribution in [0.2, 0.25) is 0 Å². The number of H-pyrrole nitrogens is 2. The molecule has 130 valence electrons. The van der Waals surface area contributed by atoms with Crippen LogP contribution in [0.3, 0.4) is 0 Å². The van der Waals surface area contributed by atoms with Gasteiger partial charge in [0.2, 0.25) is 0 Å². The smallest absolute Gasteiger partial charge is 0.160 e. The molecule has 5 rings (SSSR count). The summed E-state index contributed by atoms with van der Waals surface area (Å²) in [5.74, 6) is 1.29. The standard InChI is InChI=1S/C19H19N7/c1-2-4-13(5-3-1)6-7-14-9-26(10-16-17(14)21-11-20-16)19-15-8-24-25-18(15)22-12-23-19/h1-5,8,11-12,14H,6-7,9-10H2,(H,20,21)(H,22,23,24,25). The summed E-state index contributed by atoms with van der Waals surface area (Å²) in [6, 6.07) is 10.6. The van der Waals surface area contributed by atoms with Gasteiger partial charge in [-0.25, -0.2) is 15.0 Å². The summed E-state index contributed by atoms with van der Waals surface area (Å²) in [7, 11) is 0. The zero-order valence-corrected chi connectivity index (χ0v) is 14.3. The molecule has 1 unspecified atom stereocenters. The van der Waals surface area contributed by atoms with Crippen LogP contribution in [0.1, 0.15) is 29.3 Å². The normalized spacial score (nSPS) is 16.8. The lowest BCUT2D eigenvalue weighted by Gasteiger charge is -2.33. The maximum absolute atomic E-state index is 4.60. The van der Waals surface area contributed by atoms with Gasteiger partial charge in [-0.3, -0.25) is 5.10 Å². The molecule has 4 aromatic rings. The zero-order valence-electron chi connectivity index (χ0n) is 14.3. The van der Waals surface area contributed by atoms with E-state index >= 15 is 0 Å². The van der Waals surface area contributed by atoms with Gasteiger partial charge in [0.25, 0.3) is 0 Å². The van der Waals surface area contributed by atoms with Gasteiger partial charge < -0.3 is 9.88 Å². The molecule has 3 aromatic heterocycles. The van der Waals surface area contributed by atoms with E-state index in [9.17, 15) is 0 Å². The lowest BCUT2D eigenvalue weighted by atomic mass is 9.92. The van der Waals surface area contributed by atoms with Gasteiger partial charge in [0.15, 0.2) is 5.65 Å². The third kappa shape index (κ3) is 2.61. The van der Waals surface area contributed by atoms with Crippen LogP contribution in [0.25, 0.3) is 11.0 Å². The van der Waals surface area contributed by atoms with Gasteiger partial charge in [-0.15, -0.1) is 0 Å². The second kappa shape index (κ2) is 6.25. The van der Waals surface area contributed by atoms with Gasteiger partial charge in [0.05, 0.1) is 35.8 Å². The highest BCUT2D eigenvalue weighted by molar-refractivity contribution is 5.86. The van der Waals surface area contributed by atoms with Crippen molar-refractivity contribution in [3.63, 3.8) is 0 Å². The van der Waals surface area contributed by atoms with Crippen LogP contribution in [0.4, 0.5) is 5.82 Å². The van der Waals surface area contributed by atoms with Crippen LogP contribution in [-0.2, 0) is 13.0 Å². The highest BCUT2D eigenvalue weighted by Crippen LogP contribution is 2.33. The molecule has 0 fully saturated rings. The van der Waals surface area contributed by atoms with E-state index in [1.165, 1.54) is 17.0 Å². The number of fused-ring (bicyclic) bond motifs is 2. The van der Waals surface area contributed by atoms with Crippen molar-refractivity contribution in [1.29, 1.82) is 0 Å². The number of imidazole rings is 1. The molecule has 1 aliphatic heterocycles. The summed E-state index contributed by atoms with van der Waals surface area (Å²) in [5, 5.41) is 7.99. The van der Waals surface area contributed by atoms with Gasteiger partial charge in [-0.2, -0.15) is 5.10 Å². The van der Waals surface area contributed by atoms with Crippen molar-refractivity contribution in [2.24, 2.45) is 0 Å². The van der Waals surface area contributed by atoms with E-state index in [0.29, 0.717) is 5.92 Å². The molecule has 0 radical (unpaired) electrons. The van der Waals surface area contributed by atoms with Crippen LogP contribution in [0.5, 0.6) is 0 Å². The zero-order chi connectivity index (χ0) is 17.3. The van der Waals surface area contributed by atoms with Crippen molar-refractivity contribution in [2.75, 3.05) is 11.4 Å². The number of aromatic nitrogens is 6. The van der Waals surface area contributed by atoms with E-state index in [1.54, 1.807) is 18.9 Å². The average molecular weight is 345 g/mol. The number of anilines is 1. The lowest BCUT2D eigenvalue weighted by molar-refractivity contribution is 0.546. The average Bonchev–Trinajstić information content (AvgIpc) is 3.35. The SMILES string of the molecule is c1ccc(CCC2CN(c3ncnc4[nH]ncc34)Cc3[nH]cnc32)cc1. The first kappa shape index (κ1) is 15.1. The third-order valence-corrected chi connectivity index (χ3v) is 5.08. The first-order valence-electron chi connectivity index (χ1n) is 8.83. The van der Waals surface area contributed by atoms with Crippen molar-refractivity contribution in [3.8, 4) is 0 Å². The maximum Gasteiger partial charge on any atom is 0.160 e. The second-order valence-electron chi connectivity index (χ2n) is 6.70. The monoisotopic (exact) mass is 345 g/mol. The Morgan fingerprint density at radius 1 is 1.12 bits per heavy atom. The van der Waals surface area contributed by atoms with Gasteiger partial charge in [-0.05, 0) is 18.4 Å². The molecule has 1 atom stereocenters. The first-order chi connectivity index (χ1) is 12.9. The van der Waals surface area contributed by atoms with Crippen LogP contribution >= 0.6 is 0 Å². The van der Waals surface area contributed by atoms with Gasteiger partial charge >= 0.3 is 0 Å². The molecule has 0 aliphatic carbocycles. The Bertz CT molecular complexity index is 1020. The molecule has 1 aromatic carbocycles. The fourth-order valence-electron chi connectivity index (χ4n) is 3.80. The fraction of sp³-hybridized carbons (Fsp3) is 0.263. The van der Waals surface area contributed by atoms with Gasteiger partial charge in [0.1, 0.15) is 12.1 Å². The number of aromatic amines is 2. The lowest BCUT2D eigenvalue weighted by Crippen LogP contribution is -2.34. The number of hydrogen-bond acceptors (Lipinski definition) is 5. The molecule has 0 bridgehead atoms. The van der Waals surface area contributed by atoms with Crippen molar-refractivity contribution in [1.82, 2.24) is 30.1 Å². The Balaban J connectivity index is 1.44. The number of nitrogens with zero attached hydrogens (tertiary/aromatic N) is 5. The number of aryl methyl sites for hydroxylation is 1. The molecule has 4 heterocycles. The quantitative estimate of drug-likeness (QED) is 0.594. The van der Waals surface area contributed by atoms with Crippen LogP contribution < -0.4 is 4.90 Å². The van der Waals surface area contributed by atoms with Crippen molar-refractivity contribution in [2.45, 2.75) is 25.3 Å².